The number of amides is 1. The summed E-state index contributed by atoms with van der Waals surface area (Å²) < 4.78 is 40.1. The smallest absolute Gasteiger partial charge is 0.326 e. The standard InChI is InChI=1S/C17H14F3NO3/c1-9-2-4-10(5-3-9)6-14(17(23)24)21-16(22)15-12(19)7-11(18)8-13(15)20/h2-5,7-8,14H,6H2,1H3,(H,21,22)(H,23,24)/t14-/m0/s1. The first kappa shape index (κ1) is 17.5. The molecule has 0 radical (unpaired) electrons. The number of hydrogen-bond donors (Lipinski definition) is 2. The highest BCUT2D eigenvalue weighted by atomic mass is 19.1. The van der Waals surface area contributed by atoms with Gasteiger partial charge in [0, 0.05) is 18.6 Å². The van der Waals surface area contributed by atoms with Gasteiger partial charge < -0.3 is 10.4 Å². The van der Waals surface area contributed by atoms with Gasteiger partial charge in [0.25, 0.3) is 5.91 Å². The van der Waals surface area contributed by atoms with Crippen molar-refractivity contribution in [2.24, 2.45) is 0 Å². The number of halogens is 3. The third-order valence-corrected chi connectivity index (χ3v) is 3.40. The highest BCUT2D eigenvalue weighted by Crippen LogP contribution is 2.15. The number of aliphatic carboxylic acids is 1. The number of carbonyl (C=O) groups excluding carboxylic acids is 1. The van der Waals surface area contributed by atoms with Crippen LogP contribution >= 0.6 is 0 Å². The third kappa shape index (κ3) is 4.13. The van der Waals surface area contributed by atoms with Gasteiger partial charge in [-0.1, -0.05) is 29.8 Å². The van der Waals surface area contributed by atoms with E-state index in [-0.39, 0.29) is 6.42 Å². The van der Waals surface area contributed by atoms with Crippen molar-refractivity contribution in [3.05, 3.63) is 70.5 Å². The van der Waals surface area contributed by atoms with Crippen molar-refractivity contribution < 1.29 is 27.9 Å². The van der Waals surface area contributed by atoms with Gasteiger partial charge in [0.1, 0.15) is 29.1 Å². The Bertz CT molecular complexity index is 752. The van der Waals surface area contributed by atoms with Gasteiger partial charge >= 0.3 is 5.97 Å². The first-order chi connectivity index (χ1) is 11.3. The average Bonchev–Trinajstić information content (AvgIpc) is 2.47. The second-order valence-corrected chi connectivity index (χ2v) is 5.30. The lowest BCUT2D eigenvalue weighted by Crippen LogP contribution is -2.43. The largest absolute Gasteiger partial charge is 0.480 e. The van der Waals surface area contributed by atoms with Crippen LogP contribution in [0, 0.1) is 24.4 Å². The minimum Gasteiger partial charge on any atom is -0.480 e. The van der Waals surface area contributed by atoms with Crippen molar-refractivity contribution in [1.82, 2.24) is 5.32 Å². The molecule has 2 aromatic carbocycles. The van der Waals surface area contributed by atoms with E-state index in [4.69, 9.17) is 0 Å². The number of carboxylic acids is 1. The molecule has 0 fully saturated rings. The molecule has 0 aliphatic carbocycles. The van der Waals surface area contributed by atoms with Gasteiger partial charge in [0.05, 0.1) is 0 Å². The summed E-state index contributed by atoms with van der Waals surface area (Å²) in [5.41, 5.74) is 0.588. The molecule has 1 atom stereocenters. The van der Waals surface area contributed by atoms with Gasteiger partial charge in [-0.15, -0.1) is 0 Å². The van der Waals surface area contributed by atoms with E-state index in [1.807, 2.05) is 6.92 Å². The summed E-state index contributed by atoms with van der Waals surface area (Å²) in [5.74, 6) is -6.58. The first-order valence-electron chi connectivity index (χ1n) is 7.01. The monoisotopic (exact) mass is 337 g/mol. The van der Waals surface area contributed by atoms with Gasteiger partial charge in [-0.05, 0) is 12.5 Å². The summed E-state index contributed by atoms with van der Waals surface area (Å²) in [6, 6.07) is 6.25. The molecule has 0 saturated carbocycles. The summed E-state index contributed by atoms with van der Waals surface area (Å²) in [6.45, 7) is 1.86. The SMILES string of the molecule is Cc1ccc(C[C@H](NC(=O)c2c(F)cc(F)cc2F)C(=O)O)cc1. The number of benzene rings is 2. The van der Waals surface area contributed by atoms with E-state index >= 15 is 0 Å². The Morgan fingerprint density at radius 1 is 1.08 bits per heavy atom. The Hall–Kier alpha value is -2.83. The number of hydrogen-bond acceptors (Lipinski definition) is 2. The third-order valence-electron chi connectivity index (χ3n) is 3.40. The van der Waals surface area contributed by atoms with Gasteiger partial charge in [0.2, 0.25) is 0 Å². The fourth-order valence-corrected chi connectivity index (χ4v) is 2.15. The fraction of sp³-hybridized carbons (Fsp3) is 0.176. The lowest BCUT2D eigenvalue weighted by molar-refractivity contribution is -0.139. The molecule has 4 nitrogen and oxygen atoms in total. The minimum atomic E-state index is -1.40. The molecule has 7 heteroatoms. The number of carbonyl (C=O) groups is 2. The van der Waals surface area contributed by atoms with Crippen LogP contribution in [0.3, 0.4) is 0 Å². The van der Waals surface area contributed by atoms with E-state index < -0.39 is 40.9 Å². The zero-order valence-electron chi connectivity index (χ0n) is 12.6. The van der Waals surface area contributed by atoms with Crippen LogP contribution in [0.15, 0.2) is 36.4 Å². The second kappa shape index (κ2) is 7.16. The minimum absolute atomic E-state index is 0.0637. The zero-order valence-corrected chi connectivity index (χ0v) is 12.6. The Morgan fingerprint density at radius 2 is 1.62 bits per heavy atom. The van der Waals surface area contributed by atoms with Crippen molar-refractivity contribution in [3.8, 4) is 0 Å². The molecule has 2 aromatic rings. The fourth-order valence-electron chi connectivity index (χ4n) is 2.15. The lowest BCUT2D eigenvalue weighted by atomic mass is 10.0. The van der Waals surface area contributed by atoms with Crippen LogP contribution in [0.5, 0.6) is 0 Å². The number of nitrogens with one attached hydrogen (secondary N) is 1. The summed E-state index contributed by atoms with van der Waals surface area (Å²) in [4.78, 5) is 23.3. The summed E-state index contributed by atoms with van der Waals surface area (Å²) in [7, 11) is 0. The maximum absolute atomic E-state index is 13.6. The Kier molecular flexibility index (Phi) is 5.23. The molecular formula is C17H14F3NO3. The summed E-state index contributed by atoms with van der Waals surface area (Å²) in [5, 5.41) is 11.3. The summed E-state index contributed by atoms with van der Waals surface area (Å²) in [6.07, 6.45) is -0.0637. The van der Waals surface area contributed by atoms with E-state index in [2.05, 4.69) is 5.32 Å². The molecule has 0 aliphatic heterocycles. The van der Waals surface area contributed by atoms with E-state index in [1.54, 1.807) is 24.3 Å². The Balaban J connectivity index is 2.20. The Labute approximate surface area is 135 Å². The highest BCUT2D eigenvalue weighted by molar-refractivity contribution is 5.97. The van der Waals surface area contributed by atoms with Crippen molar-refractivity contribution in [2.45, 2.75) is 19.4 Å². The van der Waals surface area contributed by atoms with Crippen molar-refractivity contribution in [3.63, 3.8) is 0 Å². The molecule has 0 heterocycles. The number of carboxylic acid groups (broad SMARTS) is 1. The van der Waals surface area contributed by atoms with Gasteiger partial charge in [-0.3, -0.25) is 4.79 Å². The first-order valence-corrected chi connectivity index (χ1v) is 7.01. The molecule has 126 valence electrons. The number of aryl methyl sites for hydroxylation is 1. The average molecular weight is 337 g/mol. The van der Waals surface area contributed by atoms with Crippen LogP contribution in [0.1, 0.15) is 21.5 Å². The highest BCUT2D eigenvalue weighted by Gasteiger charge is 2.25. The molecule has 0 saturated heterocycles. The van der Waals surface area contributed by atoms with Crippen molar-refractivity contribution >= 4 is 11.9 Å². The van der Waals surface area contributed by atoms with Gasteiger partial charge in [0.15, 0.2) is 0 Å². The summed E-state index contributed by atoms with van der Waals surface area (Å²) >= 11 is 0. The molecule has 0 aliphatic rings. The maximum Gasteiger partial charge on any atom is 0.326 e. The zero-order chi connectivity index (χ0) is 17.9. The molecule has 24 heavy (non-hydrogen) atoms. The normalized spacial score (nSPS) is 11.8. The predicted molar refractivity (Wildman–Crippen MR) is 80.1 cm³/mol. The van der Waals surface area contributed by atoms with Crippen LogP contribution in [0.4, 0.5) is 13.2 Å². The van der Waals surface area contributed by atoms with Gasteiger partial charge in [-0.25, -0.2) is 18.0 Å². The number of rotatable bonds is 5. The second-order valence-electron chi connectivity index (χ2n) is 5.30. The van der Waals surface area contributed by atoms with Crippen LogP contribution in [0.25, 0.3) is 0 Å². The van der Waals surface area contributed by atoms with Crippen LogP contribution < -0.4 is 5.32 Å². The van der Waals surface area contributed by atoms with E-state index in [0.717, 1.165) is 5.56 Å². The van der Waals surface area contributed by atoms with Crippen LogP contribution in [-0.4, -0.2) is 23.0 Å². The quantitative estimate of drug-likeness (QED) is 0.882. The molecule has 0 bridgehead atoms. The van der Waals surface area contributed by atoms with Crippen LogP contribution in [0.2, 0.25) is 0 Å². The van der Waals surface area contributed by atoms with E-state index in [0.29, 0.717) is 17.7 Å². The van der Waals surface area contributed by atoms with E-state index in [1.165, 1.54) is 0 Å². The van der Waals surface area contributed by atoms with E-state index in [9.17, 15) is 27.9 Å². The molecule has 0 unspecified atom stereocenters. The molecule has 2 N–H and O–H groups in total. The topological polar surface area (TPSA) is 66.4 Å². The lowest BCUT2D eigenvalue weighted by Gasteiger charge is -2.15. The molecule has 0 spiro atoms. The Morgan fingerprint density at radius 3 is 2.12 bits per heavy atom. The van der Waals surface area contributed by atoms with Gasteiger partial charge in [-0.2, -0.15) is 0 Å². The molecule has 1 amide bonds. The van der Waals surface area contributed by atoms with Crippen molar-refractivity contribution in [2.75, 3.05) is 0 Å². The molecular weight excluding hydrogens is 323 g/mol. The van der Waals surface area contributed by atoms with Crippen LogP contribution in [-0.2, 0) is 11.2 Å². The molecule has 0 aromatic heterocycles. The molecule has 2 rings (SSSR count). The predicted octanol–water partition coefficient (Wildman–Crippen LogP) is 2.84. The van der Waals surface area contributed by atoms with Crippen molar-refractivity contribution in [1.29, 1.82) is 0 Å². The maximum atomic E-state index is 13.6.